The molecule has 2 aliphatic rings. The highest BCUT2D eigenvalue weighted by Gasteiger charge is 2.60. The van der Waals surface area contributed by atoms with Crippen molar-refractivity contribution in [3.8, 4) is 5.88 Å². The first-order valence-electron chi connectivity index (χ1n) is 14.5. The van der Waals surface area contributed by atoms with Gasteiger partial charge in [-0.1, -0.05) is 12.1 Å². The van der Waals surface area contributed by atoms with Crippen LogP contribution in [-0.4, -0.2) is 97.5 Å². The third kappa shape index (κ3) is 6.94. The van der Waals surface area contributed by atoms with Gasteiger partial charge in [0, 0.05) is 49.3 Å². The van der Waals surface area contributed by atoms with Crippen molar-refractivity contribution in [1.82, 2.24) is 19.7 Å². The van der Waals surface area contributed by atoms with E-state index in [1.807, 2.05) is 19.0 Å². The molecule has 2 aliphatic heterocycles. The zero-order valence-corrected chi connectivity index (χ0v) is 24.7. The molecule has 0 saturated carbocycles. The molecule has 4 rings (SSSR count). The van der Waals surface area contributed by atoms with Crippen LogP contribution in [0.1, 0.15) is 53.1 Å². The summed E-state index contributed by atoms with van der Waals surface area (Å²) in [7, 11) is 5.23. The van der Waals surface area contributed by atoms with E-state index in [2.05, 4.69) is 4.98 Å². The van der Waals surface area contributed by atoms with Gasteiger partial charge in [0.15, 0.2) is 5.78 Å². The van der Waals surface area contributed by atoms with Gasteiger partial charge in [-0.25, -0.2) is 9.37 Å². The molecule has 1 aromatic carbocycles. The number of hydrogen-bond acceptors (Lipinski definition) is 6. The van der Waals surface area contributed by atoms with Crippen molar-refractivity contribution in [2.75, 3.05) is 53.9 Å². The Labute approximate surface area is 244 Å². The van der Waals surface area contributed by atoms with Gasteiger partial charge in [0.2, 0.25) is 11.8 Å². The lowest BCUT2D eigenvalue weighted by molar-refractivity contribution is -0.214. The number of halogens is 4. The molecule has 0 aliphatic carbocycles. The smallest absolute Gasteiger partial charge is 0.404 e. The summed E-state index contributed by atoms with van der Waals surface area (Å²) in [6.07, 6.45) is -0.891. The van der Waals surface area contributed by atoms with Gasteiger partial charge in [-0.05, 0) is 83.1 Å². The number of unbranched alkanes of at least 4 members (excludes halogenated alkanes) is 1. The summed E-state index contributed by atoms with van der Waals surface area (Å²) in [6.45, 7) is 2.76. The Morgan fingerprint density at radius 3 is 2.40 bits per heavy atom. The maximum Gasteiger partial charge on any atom is 0.404 e. The van der Waals surface area contributed by atoms with Crippen molar-refractivity contribution in [3.63, 3.8) is 0 Å². The van der Waals surface area contributed by atoms with Crippen LogP contribution in [0, 0.1) is 24.6 Å². The maximum absolute atomic E-state index is 15.1. The molecule has 42 heavy (non-hydrogen) atoms. The zero-order chi connectivity index (χ0) is 30.6. The normalized spacial score (nSPS) is 23.4. The molecule has 11 heteroatoms. The van der Waals surface area contributed by atoms with Crippen LogP contribution in [0.3, 0.4) is 0 Å². The van der Waals surface area contributed by atoms with E-state index in [-0.39, 0.29) is 35.7 Å². The van der Waals surface area contributed by atoms with E-state index in [4.69, 9.17) is 4.74 Å². The molecule has 0 radical (unpaired) electrons. The van der Waals surface area contributed by atoms with E-state index in [9.17, 15) is 14.0 Å². The number of pyridine rings is 1. The fraction of sp³-hybridized carbons (Fsp3) is 0.581. The molecule has 4 atom stereocenters. The van der Waals surface area contributed by atoms with Crippen LogP contribution in [0.25, 0.3) is 0 Å². The Morgan fingerprint density at radius 1 is 1.10 bits per heavy atom. The van der Waals surface area contributed by atoms with Gasteiger partial charge in [-0.2, -0.15) is 13.2 Å². The summed E-state index contributed by atoms with van der Waals surface area (Å²) in [5.41, 5.74) is 0.604. The summed E-state index contributed by atoms with van der Waals surface area (Å²) in [5.74, 6) is -5.21. The number of ether oxygens (including phenoxy) is 1. The first kappa shape index (κ1) is 31.9. The number of aromatic nitrogens is 1. The molecular formula is C31H40F4N4O3. The van der Waals surface area contributed by atoms with E-state index in [1.54, 1.807) is 6.07 Å². The van der Waals surface area contributed by atoms with Crippen molar-refractivity contribution >= 4 is 11.7 Å². The number of carbonyl (C=O) groups is 2. The number of ketones is 1. The molecule has 0 unspecified atom stereocenters. The number of benzene rings is 1. The number of carbonyl (C=O) groups excluding carboxylic acids is 2. The van der Waals surface area contributed by atoms with Crippen molar-refractivity contribution in [2.24, 2.45) is 11.8 Å². The fourth-order valence-electron chi connectivity index (χ4n) is 6.48. The minimum atomic E-state index is -4.75. The fourth-order valence-corrected chi connectivity index (χ4v) is 6.48. The topological polar surface area (TPSA) is 66.0 Å². The number of Topliss-reactive ketones (excluding diaryl/α,β-unsaturated/α-hetero) is 1. The monoisotopic (exact) mass is 592 g/mol. The molecule has 0 spiro atoms. The lowest BCUT2D eigenvalue weighted by Gasteiger charge is -2.50. The van der Waals surface area contributed by atoms with E-state index in [1.165, 1.54) is 54.3 Å². The number of methoxy groups -OCH3 is 1. The van der Waals surface area contributed by atoms with Gasteiger partial charge in [0.05, 0.1) is 13.0 Å². The molecule has 2 fully saturated rings. The maximum atomic E-state index is 15.1. The third-order valence-corrected chi connectivity index (χ3v) is 8.56. The molecule has 230 valence electrons. The van der Waals surface area contributed by atoms with Crippen LogP contribution >= 0.6 is 0 Å². The van der Waals surface area contributed by atoms with Crippen molar-refractivity contribution in [1.29, 1.82) is 0 Å². The largest absolute Gasteiger partial charge is 0.481 e. The first-order chi connectivity index (χ1) is 19.9. The second-order valence-electron chi connectivity index (χ2n) is 11.6. The van der Waals surface area contributed by atoms with Crippen LogP contribution in [0.15, 0.2) is 36.5 Å². The van der Waals surface area contributed by atoms with Gasteiger partial charge >= 0.3 is 6.18 Å². The SMILES string of the molecule is COc1ccc(C(=O)[C@H]2CN(CCCCN(C)C)[C@H](C(F)(F)F)[C@@H](C(=O)N3CCCC3)[C@@H]2c2cccc(F)c2C)cn1. The Balaban J connectivity index is 1.87. The Bertz CT molecular complexity index is 1230. The lowest BCUT2D eigenvalue weighted by atomic mass is 9.66. The number of rotatable bonds is 10. The Morgan fingerprint density at radius 2 is 1.81 bits per heavy atom. The Hall–Kier alpha value is -3.05. The molecule has 7 nitrogen and oxygen atoms in total. The van der Waals surface area contributed by atoms with E-state index in [0.29, 0.717) is 45.3 Å². The molecule has 3 heterocycles. The minimum absolute atomic E-state index is 0.0707. The molecule has 0 N–H and O–H groups in total. The molecular weight excluding hydrogens is 552 g/mol. The summed E-state index contributed by atoms with van der Waals surface area (Å²) in [6, 6.07) is 5.15. The van der Waals surface area contributed by atoms with Crippen LogP contribution in [0.2, 0.25) is 0 Å². The van der Waals surface area contributed by atoms with Gasteiger partial charge in [-0.3, -0.25) is 14.5 Å². The van der Waals surface area contributed by atoms with Crippen LogP contribution in [0.5, 0.6) is 5.88 Å². The van der Waals surface area contributed by atoms with Crippen LogP contribution in [-0.2, 0) is 4.79 Å². The number of nitrogens with zero attached hydrogens (tertiary/aromatic N) is 4. The molecule has 2 aromatic rings. The average Bonchev–Trinajstić information content (AvgIpc) is 3.50. The molecule has 1 aromatic heterocycles. The average molecular weight is 593 g/mol. The highest BCUT2D eigenvalue weighted by molar-refractivity contribution is 5.99. The summed E-state index contributed by atoms with van der Waals surface area (Å²) >= 11 is 0. The number of amides is 1. The predicted octanol–water partition coefficient (Wildman–Crippen LogP) is 4.95. The van der Waals surface area contributed by atoms with Crippen LogP contribution < -0.4 is 4.74 Å². The highest BCUT2D eigenvalue weighted by atomic mass is 19.4. The van der Waals surface area contributed by atoms with Crippen molar-refractivity contribution < 1.29 is 31.9 Å². The summed E-state index contributed by atoms with van der Waals surface area (Å²) < 4.78 is 65.4. The lowest BCUT2D eigenvalue weighted by Crippen LogP contribution is -2.63. The summed E-state index contributed by atoms with van der Waals surface area (Å²) in [5, 5.41) is 0. The van der Waals surface area contributed by atoms with Gasteiger partial charge in [0.25, 0.3) is 0 Å². The van der Waals surface area contributed by atoms with Crippen molar-refractivity contribution in [3.05, 3.63) is 59.0 Å². The highest BCUT2D eigenvalue weighted by Crippen LogP contribution is 2.49. The number of likely N-dealkylation sites (tertiary alicyclic amines) is 2. The number of piperidine rings is 1. The third-order valence-electron chi connectivity index (χ3n) is 8.56. The molecule has 1 amide bonds. The minimum Gasteiger partial charge on any atom is -0.481 e. The predicted molar refractivity (Wildman–Crippen MR) is 151 cm³/mol. The van der Waals surface area contributed by atoms with Crippen LogP contribution in [0.4, 0.5) is 17.6 Å². The van der Waals surface area contributed by atoms with E-state index < -0.39 is 47.5 Å². The van der Waals surface area contributed by atoms with Crippen molar-refractivity contribution in [2.45, 2.75) is 50.7 Å². The molecule has 0 bridgehead atoms. The standard InChI is InChI=1S/C31H40F4N4O3/c1-20-22(10-9-11-24(20)32)26-23(28(40)21-12-13-25(42-4)36-18-21)19-39(17-6-5-14-37(2)3)29(31(33,34)35)27(26)30(41)38-15-7-8-16-38/h9-13,18,23,26-27,29H,5-8,14-17,19H2,1-4H3/t23-,26+,27-,29-/m0/s1. The van der Waals surface area contributed by atoms with Gasteiger partial charge in [0.1, 0.15) is 11.9 Å². The quantitative estimate of drug-likeness (QED) is 0.221. The zero-order valence-electron chi connectivity index (χ0n) is 24.7. The van der Waals surface area contributed by atoms with E-state index in [0.717, 1.165) is 0 Å². The summed E-state index contributed by atoms with van der Waals surface area (Å²) in [4.78, 5) is 37.2. The number of hydrogen-bond donors (Lipinski definition) is 0. The second-order valence-corrected chi connectivity index (χ2v) is 11.6. The number of alkyl halides is 3. The van der Waals surface area contributed by atoms with E-state index >= 15 is 13.2 Å². The molecule has 2 saturated heterocycles. The Kier molecular flexibility index (Phi) is 10.2. The second kappa shape index (κ2) is 13.5. The first-order valence-corrected chi connectivity index (χ1v) is 14.5. The van der Waals surface area contributed by atoms with Gasteiger partial charge < -0.3 is 14.5 Å². The van der Waals surface area contributed by atoms with Gasteiger partial charge in [-0.15, -0.1) is 0 Å².